The maximum absolute atomic E-state index is 8.93. The molecular formula is C13H17ClN4. The van der Waals surface area contributed by atoms with Crippen LogP contribution in [0, 0.1) is 11.3 Å². The van der Waals surface area contributed by atoms with Gasteiger partial charge in [0.25, 0.3) is 0 Å². The van der Waals surface area contributed by atoms with Crippen molar-refractivity contribution < 1.29 is 0 Å². The summed E-state index contributed by atoms with van der Waals surface area (Å²) < 4.78 is 0. The molecule has 1 atom stereocenters. The van der Waals surface area contributed by atoms with Gasteiger partial charge in [0.1, 0.15) is 11.0 Å². The van der Waals surface area contributed by atoms with E-state index < -0.39 is 0 Å². The molecule has 1 saturated heterocycles. The van der Waals surface area contributed by atoms with E-state index in [9.17, 15) is 0 Å². The third-order valence-electron chi connectivity index (χ3n) is 3.46. The number of hydrogen-bond acceptors (Lipinski definition) is 4. The van der Waals surface area contributed by atoms with Gasteiger partial charge in [0.05, 0.1) is 11.6 Å². The Morgan fingerprint density at radius 3 is 3.00 bits per heavy atom. The largest absolute Gasteiger partial charge is 0.358 e. The van der Waals surface area contributed by atoms with E-state index in [1.165, 1.54) is 12.8 Å². The Bertz CT molecular complexity index is 469. The van der Waals surface area contributed by atoms with Gasteiger partial charge in [-0.1, -0.05) is 11.6 Å². The highest BCUT2D eigenvalue weighted by molar-refractivity contribution is 6.29. The number of nitrogens with zero attached hydrogens (tertiary/aromatic N) is 4. The monoisotopic (exact) mass is 264 g/mol. The van der Waals surface area contributed by atoms with Crippen LogP contribution in [0.25, 0.3) is 0 Å². The SMILES string of the molecule is CN(CC1CCCN1C)c1cc(C#N)cc(Cl)n1. The van der Waals surface area contributed by atoms with Crippen LogP contribution < -0.4 is 4.90 Å². The third kappa shape index (κ3) is 2.92. The van der Waals surface area contributed by atoms with E-state index in [0.717, 1.165) is 18.9 Å². The molecule has 0 bridgehead atoms. The van der Waals surface area contributed by atoms with Gasteiger partial charge in [-0.2, -0.15) is 5.26 Å². The molecule has 0 saturated carbocycles. The number of anilines is 1. The van der Waals surface area contributed by atoms with Crippen LogP contribution in [0.5, 0.6) is 0 Å². The quantitative estimate of drug-likeness (QED) is 0.785. The molecule has 1 aliphatic heterocycles. The van der Waals surface area contributed by atoms with Gasteiger partial charge < -0.3 is 9.80 Å². The van der Waals surface area contributed by atoms with E-state index in [0.29, 0.717) is 16.8 Å². The molecule has 0 radical (unpaired) electrons. The second kappa shape index (κ2) is 5.55. The van der Waals surface area contributed by atoms with Crippen LogP contribution in [-0.2, 0) is 0 Å². The van der Waals surface area contributed by atoms with Crippen LogP contribution >= 0.6 is 11.6 Å². The fourth-order valence-electron chi connectivity index (χ4n) is 2.36. The van der Waals surface area contributed by atoms with Crippen LogP contribution in [0.4, 0.5) is 5.82 Å². The molecule has 18 heavy (non-hydrogen) atoms. The molecule has 1 unspecified atom stereocenters. The number of likely N-dealkylation sites (N-methyl/N-ethyl adjacent to an activating group) is 2. The number of rotatable bonds is 3. The maximum atomic E-state index is 8.93. The second-order valence-corrected chi connectivity index (χ2v) is 5.19. The molecule has 0 amide bonds. The first-order valence-electron chi connectivity index (χ1n) is 6.09. The summed E-state index contributed by atoms with van der Waals surface area (Å²) in [6.45, 7) is 2.07. The van der Waals surface area contributed by atoms with Crippen molar-refractivity contribution in [3.8, 4) is 6.07 Å². The zero-order valence-corrected chi connectivity index (χ0v) is 11.5. The van der Waals surface area contributed by atoms with Crippen molar-refractivity contribution >= 4 is 17.4 Å². The molecule has 5 heteroatoms. The van der Waals surface area contributed by atoms with Gasteiger partial charge in [0.2, 0.25) is 0 Å². The Morgan fingerprint density at radius 2 is 2.39 bits per heavy atom. The van der Waals surface area contributed by atoms with Crippen LogP contribution in [0.2, 0.25) is 5.15 Å². The van der Waals surface area contributed by atoms with Crippen molar-refractivity contribution in [1.82, 2.24) is 9.88 Å². The summed E-state index contributed by atoms with van der Waals surface area (Å²) in [5, 5.41) is 9.30. The highest BCUT2D eigenvalue weighted by Crippen LogP contribution is 2.20. The van der Waals surface area contributed by atoms with Crippen LogP contribution in [0.3, 0.4) is 0 Å². The second-order valence-electron chi connectivity index (χ2n) is 4.81. The molecule has 96 valence electrons. The predicted octanol–water partition coefficient (Wildman–Crippen LogP) is 2.14. The summed E-state index contributed by atoms with van der Waals surface area (Å²) in [4.78, 5) is 8.71. The Hall–Kier alpha value is -1.31. The predicted molar refractivity (Wildman–Crippen MR) is 72.9 cm³/mol. The minimum Gasteiger partial charge on any atom is -0.358 e. The fraction of sp³-hybridized carbons (Fsp3) is 0.538. The Labute approximate surface area is 113 Å². The molecule has 2 rings (SSSR count). The van der Waals surface area contributed by atoms with Gasteiger partial charge in [0.15, 0.2) is 0 Å². The number of halogens is 1. The van der Waals surface area contributed by atoms with Gasteiger partial charge in [0, 0.05) is 19.6 Å². The molecule has 1 aromatic rings. The van der Waals surface area contributed by atoms with Crippen molar-refractivity contribution in [2.45, 2.75) is 18.9 Å². The highest BCUT2D eigenvalue weighted by atomic mass is 35.5. The Kier molecular flexibility index (Phi) is 4.05. The number of pyridine rings is 1. The summed E-state index contributed by atoms with van der Waals surface area (Å²) in [5.41, 5.74) is 0.552. The molecule has 1 fully saturated rings. The van der Waals surface area contributed by atoms with E-state index in [2.05, 4.69) is 27.9 Å². The van der Waals surface area contributed by atoms with E-state index >= 15 is 0 Å². The molecule has 1 aliphatic rings. The maximum Gasteiger partial charge on any atom is 0.132 e. The van der Waals surface area contributed by atoms with Gasteiger partial charge in [-0.15, -0.1) is 0 Å². The summed E-state index contributed by atoms with van der Waals surface area (Å²) in [5.74, 6) is 0.763. The van der Waals surface area contributed by atoms with Gasteiger partial charge in [-0.05, 0) is 38.6 Å². The first-order chi connectivity index (χ1) is 8.60. The lowest BCUT2D eigenvalue weighted by Crippen LogP contribution is -2.37. The normalized spacial score (nSPS) is 19.8. The average molecular weight is 265 g/mol. The minimum atomic E-state index is 0.371. The lowest BCUT2D eigenvalue weighted by Gasteiger charge is -2.26. The first kappa shape index (κ1) is 13.1. The van der Waals surface area contributed by atoms with E-state index in [-0.39, 0.29) is 0 Å². The summed E-state index contributed by atoms with van der Waals surface area (Å²) in [6, 6.07) is 6.02. The smallest absolute Gasteiger partial charge is 0.132 e. The number of aromatic nitrogens is 1. The summed E-state index contributed by atoms with van der Waals surface area (Å²) in [7, 11) is 4.14. The van der Waals surface area contributed by atoms with Crippen LogP contribution in [0.15, 0.2) is 12.1 Å². The number of likely N-dealkylation sites (tertiary alicyclic amines) is 1. The molecule has 0 aliphatic carbocycles. The van der Waals surface area contributed by atoms with E-state index in [1.807, 2.05) is 7.05 Å². The number of hydrogen-bond donors (Lipinski definition) is 0. The molecular weight excluding hydrogens is 248 g/mol. The van der Waals surface area contributed by atoms with Gasteiger partial charge in [-0.3, -0.25) is 0 Å². The zero-order valence-electron chi connectivity index (χ0n) is 10.7. The van der Waals surface area contributed by atoms with Gasteiger partial charge >= 0.3 is 0 Å². The Balaban J connectivity index is 2.11. The molecule has 0 spiro atoms. The summed E-state index contributed by atoms with van der Waals surface area (Å²) in [6.07, 6.45) is 2.47. The summed E-state index contributed by atoms with van der Waals surface area (Å²) >= 11 is 5.92. The molecule has 4 nitrogen and oxygen atoms in total. The standard InChI is InChI=1S/C13H17ClN4/c1-17-5-3-4-11(17)9-18(2)13-7-10(8-15)6-12(14)16-13/h6-7,11H,3-5,9H2,1-2H3. The topological polar surface area (TPSA) is 43.2 Å². The lowest BCUT2D eigenvalue weighted by molar-refractivity contribution is 0.314. The molecule has 0 N–H and O–H groups in total. The number of nitriles is 1. The van der Waals surface area contributed by atoms with Crippen molar-refractivity contribution in [3.63, 3.8) is 0 Å². The molecule has 0 aromatic carbocycles. The highest BCUT2D eigenvalue weighted by Gasteiger charge is 2.22. The van der Waals surface area contributed by atoms with Gasteiger partial charge in [-0.25, -0.2) is 4.98 Å². The fourth-order valence-corrected chi connectivity index (χ4v) is 2.57. The first-order valence-corrected chi connectivity index (χ1v) is 6.47. The van der Waals surface area contributed by atoms with Crippen LogP contribution in [0.1, 0.15) is 18.4 Å². The van der Waals surface area contributed by atoms with Crippen molar-refractivity contribution in [3.05, 3.63) is 22.8 Å². The molecule has 2 heterocycles. The Morgan fingerprint density at radius 1 is 1.61 bits per heavy atom. The van der Waals surface area contributed by atoms with E-state index in [1.54, 1.807) is 12.1 Å². The van der Waals surface area contributed by atoms with Crippen molar-refractivity contribution in [2.24, 2.45) is 0 Å². The third-order valence-corrected chi connectivity index (χ3v) is 3.65. The average Bonchev–Trinajstić information content (AvgIpc) is 2.74. The lowest BCUT2D eigenvalue weighted by atomic mass is 10.2. The minimum absolute atomic E-state index is 0.371. The van der Waals surface area contributed by atoms with Crippen molar-refractivity contribution in [1.29, 1.82) is 5.26 Å². The molecule has 1 aromatic heterocycles. The van der Waals surface area contributed by atoms with Crippen LogP contribution in [-0.4, -0.2) is 43.1 Å². The van der Waals surface area contributed by atoms with E-state index in [4.69, 9.17) is 16.9 Å². The zero-order chi connectivity index (χ0) is 13.1. The van der Waals surface area contributed by atoms with Crippen molar-refractivity contribution in [2.75, 3.05) is 32.1 Å².